The second kappa shape index (κ2) is 10.3. The van der Waals surface area contributed by atoms with Crippen LogP contribution in [0.1, 0.15) is 22.2 Å². The van der Waals surface area contributed by atoms with Gasteiger partial charge in [-0.15, -0.1) is 36.2 Å². The van der Waals surface area contributed by atoms with E-state index in [0.29, 0.717) is 18.4 Å². The minimum atomic E-state index is 0. The van der Waals surface area contributed by atoms with Gasteiger partial charge in [0.05, 0.1) is 12.3 Å². The molecular weight excluding hydrogens is 365 g/mol. The summed E-state index contributed by atoms with van der Waals surface area (Å²) in [4.78, 5) is 7.11. The summed E-state index contributed by atoms with van der Waals surface area (Å²) in [6, 6.07) is 10.7. The largest absolute Gasteiger partial charge is 0.378 e. The van der Waals surface area contributed by atoms with Crippen LogP contribution >= 0.6 is 36.2 Å². The van der Waals surface area contributed by atoms with Crippen LogP contribution in [0.5, 0.6) is 0 Å². The first kappa shape index (κ1) is 21.4. The smallest absolute Gasteiger partial charge is 0.119 e. The highest BCUT2D eigenvalue weighted by atomic mass is 35.5. The maximum Gasteiger partial charge on any atom is 0.119 e. The first-order valence-electron chi connectivity index (χ1n) is 7.69. The van der Waals surface area contributed by atoms with Gasteiger partial charge < -0.3 is 10.5 Å². The Bertz CT molecular complexity index is 597. The molecule has 3 rings (SSSR count). The Morgan fingerprint density at radius 1 is 1.25 bits per heavy atom. The molecule has 2 aromatic rings. The van der Waals surface area contributed by atoms with Crippen molar-refractivity contribution in [3.05, 3.63) is 52.0 Å². The van der Waals surface area contributed by atoms with Crippen LogP contribution in [-0.2, 0) is 17.9 Å². The number of halogens is 2. The maximum atomic E-state index is 6.00. The summed E-state index contributed by atoms with van der Waals surface area (Å²) in [5.41, 5.74) is 8.55. The summed E-state index contributed by atoms with van der Waals surface area (Å²) >= 11 is 1.67. The van der Waals surface area contributed by atoms with Gasteiger partial charge in [0.15, 0.2) is 0 Å². The van der Waals surface area contributed by atoms with E-state index < -0.39 is 0 Å². The van der Waals surface area contributed by atoms with Crippen LogP contribution in [0.2, 0.25) is 0 Å². The highest BCUT2D eigenvalue weighted by Crippen LogP contribution is 2.32. The lowest BCUT2D eigenvalue weighted by Gasteiger charge is -2.16. The average Bonchev–Trinajstić information content (AvgIpc) is 3.16. The molecule has 0 aliphatic carbocycles. The first-order chi connectivity index (χ1) is 10.8. The van der Waals surface area contributed by atoms with E-state index in [1.807, 2.05) is 0 Å². The Morgan fingerprint density at radius 3 is 2.67 bits per heavy atom. The predicted octanol–water partition coefficient (Wildman–Crippen LogP) is 3.31. The van der Waals surface area contributed by atoms with Gasteiger partial charge in [0.1, 0.15) is 5.01 Å². The van der Waals surface area contributed by atoms with E-state index in [2.05, 4.69) is 45.6 Å². The molecule has 2 atom stereocenters. The Hall–Kier alpha value is -0.690. The van der Waals surface area contributed by atoms with Gasteiger partial charge in [-0.1, -0.05) is 30.3 Å². The van der Waals surface area contributed by atoms with Gasteiger partial charge in [0.2, 0.25) is 0 Å². The number of hydrogen-bond donors (Lipinski definition) is 1. The highest BCUT2D eigenvalue weighted by Gasteiger charge is 2.32. The third kappa shape index (κ3) is 5.15. The Morgan fingerprint density at radius 2 is 2.00 bits per heavy atom. The van der Waals surface area contributed by atoms with Crippen molar-refractivity contribution in [2.24, 2.45) is 11.7 Å². The fourth-order valence-corrected chi connectivity index (χ4v) is 4.00. The van der Waals surface area contributed by atoms with Crippen LogP contribution in [0.15, 0.2) is 35.7 Å². The van der Waals surface area contributed by atoms with Crippen LogP contribution in [0.4, 0.5) is 0 Å². The summed E-state index contributed by atoms with van der Waals surface area (Å²) in [6.45, 7) is 4.35. The molecule has 0 saturated carbocycles. The number of aromatic nitrogens is 1. The third-order valence-electron chi connectivity index (χ3n) is 4.30. The van der Waals surface area contributed by atoms with Crippen LogP contribution in [0.3, 0.4) is 0 Å². The zero-order valence-electron chi connectivity index (χ0n) is 13.8. The molecule has 0 amide bonds. The van der Waals surface area contributed by atoms with Crippen molar-refractivity contribution in [1.82, 2.24) is 9.88 Å². The quantitative estimate of drug-likeness (QED) is 0.822. The number of likely N-dealkylation sites (tertiary alicyclic amines) is 1. The van der Waals surface area contributed by atoms with E-state index in [0.717, 1.165) is 36.9 Å². The normalized spacial score (nSPS) is 20.4. The molecule has 4 nitrogen and oxygen atoms in total. The fraction of sp³-hybridized carbons (Fsp3) is 0.471. The van der Waals surface area contributed by atoms with Crippen molar-refractivity contribution >= 4 is 36.2 Å². The Kier molecular flexibility index (Phi) is 9.19. The van der Waals surface area contributed by atoms with Crippen molar-refractivity contribution in [3.8, 4) is 0 Å². The van der Waals surface area contributed by atoms with E-state index in [1.54, 1.807) is 18.4 Å². The van der Waals surface area contributed by atoms with Gasteiger partial charge in [0.25, 0.3) is 0 Å². The van der Waals surface area contributed by atoms with Crippen LogP contribution in [0.25, 0.3) is 0 Å². The molecule has 0 bridgehead atoms. The zero-order valence-corrected chi connectivity index (χ0v) is 16.2. The lowest BCUT2D eigenvalue weighted by Crippen LogP contribution is -2.23. The molecule has 0 unspecified atom stereocenters. The number of ether oxygens (including phenoxy) is 1. The summed E-state index contributed by atoms with van der Waals surface area (Å²) in [5, 5.41) is 3.19. The van der Waals surface area contributed by atoms with Crippen LogP contribution < -0.4 is 5.73 Å². The topological polar surface area (TPSA) is 51.4 Å². The molecule has 1 aliphatic heterocycles. The second-order valence-electron chi connectivity index (χ2n) is 5.87. The molecule has 134 valence electrons. The highest BCUT2D eigenvalue weighted by molar-refractivity contribution is 7.09. The third-order valence-corrected chi connectivity index (χ3v) is 5.17. The molecule has 7 heteroatoms. The Labute approximate surface area is 160 Å². The number of hydrogen-bond acceptors (Lipinski definition) is 5. The first-order valence-corrected chi connectivity index (χ1v) is 8.57. The van der Waals surface area contributed by atoms with E-state index >= 15 is 0 Å². The van der Waals surface area contributed by atoms with E-state index in [4.69, 9.17) is 10.5 Å². The molecule has 2 N–H and O–H groups in total. The number of nitrogens with zero attached hydrogens (tertiary/aromatic N) is 2. The predicted molar refractivity (Wildman–Crippen MR) is 104 cm³/mol. The van der Waals surface area contributed by atoms with E-state index in [1.165, 1.54) is 5.56 Å². The summed E-state index contributed by atoms with van der Waals surface area (Å²) in [6.07, 6.45) is 0. The molecule has 2 heterocycles. The maximum absolute atomic E-state index is 6.00. The monoisotopic (exact) mass is 389 g/mol. The van der Waals surface area contributed by atoms with Gasteiger partial charge in [-0.25, -0.2) is 4.98 Å². The minimum Gasteiger partial charge on any atom is -0.378 e. The van der Waals surface area contributed by atoms with E-state index in [-0.39, 0.29) is 24.8 Å². The van der Waals surface area contributed by atoms with Gasteiger partial charge in [-0.05, 0) is 18.0 Å². The van der Waals surface area contributed by atoms with Crippen molar-refractivity contribution in [3.63, 3.8) is 0 Å². The van der Waals surface area contributed by atoms with Gasteiger partial charge in [-0.2, -0.15) is 0 Å². The molecule has 1 saturated heterocycles. The lowest BCUT2D eigenvalue weighted by atomic mass is 9.89. The standard InChI is InChI=1S/C17H23N3OS.2ClH/c1-21-11-17-19-15(12-22-17)9-20-8-14(7-18)16(10-20)13-5-3-2-4-6-13;;/h2-6,12,14,16H,7-11,18H2,1H3;2*1H/t14-,16+;;/m1../s1. The van der Waals surface area contributed by atoms with Crippen LogP contribution in [-0.4, -0.2) is 36.6 Å². The molecular formula is C17H25Cl2N3OS. The molecule has 24 heavy (non-hydrogen) atoms. The molecule has 0 spiro atoms. The summed E-state index contributed by atoms with van der Waals surface area (Å²) in [7, 11) is 1.71. The SMILES string of the molecule is COCc1nc(CN2C[C@@H](CN)[C@H](c3ccccc3)C2)cs1.Cl.Cl. The molecule has 1 fully saturated rings. The lowest BCUT2D eigenvalue weighted by molar-refractivity contribution is 0.184. The number of nitrogens with two attached hydrogens (primary N) is 1. The summed E-state index contributed by atoms with van der Waals surface area (Å²) < 4.78 is 5.14. The molecule has 1 aromatic carbocycles. The second-order valence-corrected chi connectivity index (χ2v) is 6.82. The number of benzene rings is 1. The van der Waals surface area contributed by atoms with E-state index in [9.17, 15) is 0 Å². The number of methoxy groups -OCH3 is 1. The molecule has 1 aliphatic rings. The van der Waals surface area contributed by atoms with Crippen molar-refractivity contribution in [2.45, 2.75) is 19.1 Å². The van der Waals surface area contributed by atoms with Gasteiger partial charge in [0, 0.05) is 38.0 Å². The zero-order chi connectivity index (χ0) is 15.4. The molecule has 0 radical (unpaired) electrons. The summed E-state index contributed by atoms with van der Waals surface area (Å²) in [5.74, 6) is 1.06. The molecule has 1 aromatic heterocycles. The van der Waals surface area contributed by atoms with Gasteiger partial charge in [-0.3, -0.25) is 4.90 Å². The van der Waals surface area contributed by atoms with Crippen molar-refractivity contribution < 1.29 is 4.74 Å². The van der Waals surface area contributed by atoms with Crippen LogP contribution in [0, 0.1) is 5.92 Å². The van der Waals surface area contributed by atoms with Crippen molar-refractivity contribution in [2.75, 3.05) is 26.7 Å². The Balaban J connectivity index is 0.00000144. The van der Waals surface area contributed by atoms with Gasteiger partial charge >= 0.3 is 0 Å². The fourth-order valence-electron chi connectivity index (χ4n) is 3.25. The van der Waals surface area contributed by atoms with Crippen molar-refractivity contribution in [1.29, 1.82) is 0 Å². The minimum absolute atomic E-state index is 0. The average molecular weight is 390 g/mol. The number of rotatable bonds is 6. The number of thiazole rings is 1.